The monoisotopic (exact) mass is 353 g/mol. The summed E-state index contributed by atoms with van der Waals surface area (Å²) in [6.45, 7) is 6.12. The van der Waals surface area contributed by atoms with Crippen LogP contribution in [0.1, 0.15) is 25.8 Å². The number of nitrogens with zero attached hydrogens (tertiary/aromatic N) is 1. The Morgan fingerprint density at radius 1 is 1.00 bits per heavy atom. The molecule has 0 saturated carbocycles. The van der Waals surface area contributed by atoms with E-state index in [9.17, 15) is 9.59 Å². The highest BCUT2D eigenvalue weighted by molar-refractivity contribution is 5.88. The molecule has 5 heteroatoms. The molecule has 0 heterocycles. The van der Waals surface area contributed by atoms with Gasteiger partial charge in [-0.2, -0.15) is 0 Å². The molecule has 2 amide bonds. The molecular formula is C21H27N3O2. The third-order valence-corrected chi connectivity index (χ3v) is 4.07. The van der Waals surface area contributed by atoms with E-state index in [-0.39, 0.29) is 11.8 Å². The fraction of sp³-hybridized carbons (Fsp3) is 0.333. The van der Waals surface area contributed by atoms with Gasteiger partial charge in [-0.15, -0.1) is 0 Å². The van der Waals surface area contributed by atoms with Gasteiger partial charge in [0.1, 0.15) is 0 Å². The molecule has 138 valence electrons. The van der Waals surface area contributed by atoms with Crippen LogP contribution >= 0.6 is 0 Å². The van der Waals surface area contributed by atoms with E-state index in [4.69, 9.17) is 0 Å². The van der Waals surface area contributed by atoms with E-state index in [1.165, 1.54) is 12.6 Å². The molecule has 2 N–H and O–H groups in total. The van der Waals surface area contributed by atoms with Gasteiger partial charge in [-0.3, -0.25) is 9.59 Å². The predicted molar refractivity (Wildman–Crippen MR) is 106 cm³/mol. The van der Waals surface area contributed by atoms with Crippen LogP contribution in [0.5, 0.6) is 0 Å². The molecule has 0 radical (unpaired) electrons. The summed E-state index contributed by atoms with van der Waals surface area (Å²) in [6.07, 6.45) is 1.24. The molecule has 26 heavy (non-hydrogen) atoms. The first-order valence-electron chi connectivity index (χ1n) is 9.01. The molecule has 0 bridgehead atoms. The number of para-hydroxylation sites is 1. The topological polar surface area (TPSA) is 61.4 Å². The minimum absolute atomic E-state index is 0.0139. The van der Waals surface area contributed by atoms with E-state index in [0.717, 1.165) is 30.8 Å². The molecule has 0 spiro atoms. The van der Waals surface area contributed by atoms with Crippen LogP contribution in [0.4, 0.5) is 11.4 Å². The molecule has 0 saturated heterocycles. The second-order valence-corrected chi connectivity index (χ2v) is 6.17. The number of carbonyl (C=O) groups excluding carboxylic acids is 2. The fourth-order valence-corrected chi connectivity index (χ4v) is 2.76. The first-order valence-corrected chi connectivity index (χ1v) is 9.01. The van der Waals surface area contributed by atoms with Crippen LogP contribution in [0.25, 0.3) is 0 Å². The van der Waals surface area contributed by atoms with Crippen LogP contribution in [0, 0.1) is 0 Å². The van der Waals surface area contributed by atoms with Crippen molar-refractivity contribution in [2.45, 2.75) is 26.7 Å². The van der Waals surface area contributed by atoms with Gasteiger partial charge in [0.2, 0.25) is 11.8 Å². The first kappa shape index (κ1) is 19.5. The average Bonchev–Trinajstić information content (AvgIpc) is 2.64. The van der Waals surface area contributed by atoms with Gasteiger partial charge in [0.15, 0.2) is 0 Å². The molecule has 2 aromatic carbocycles. The number of hydrogen-bond acceptors (Lipinski definition) is 3. The minimum Gasteiger partial charge on any atom is -0.372 e. The summed E-state index contributed by atoms with van der Waals surface area (Å²) >= 11 is 0. The molecule has 0 aromatic heterocycles. The van der Waals surface area contributed by atoms with Crippen molar-refractivity contribution in [3.63, 3.8) is 0 Å². The largest absolute Gasteiger partial charge is 0.372 e. The van der Waals surface area contributed by atoms with E-state index in [2.05, 4.69) is 34.6 Å². The van der Waals surface area contributed by atoms with Crippen LogP contribution in [0.2, 0.25) is 0 Å². The van der Waals surface area contributed by atoms with Crippen LogP contribution in [0.3, 0.4) is 0 Å². The summed E-state index contributed by atoms with van der Waals surface area (Å²) in [5.74, 6) is -0.0906. The molecule has 0 aliphatic heterocycles. The number of hydrogen-bond donors (Lipinski definition) is 2. The smallest absolute Gasteiger partial charge is 0.224 e. The van der Waals surface area contributed by atoms with Gasteiger partial charge in [-0.25, -0.2) is 0 Å². The van der Waals surface area contributed by atoms with Gasteiger partial charge in [0.05, 0.1) is 6.42 Å². The normalized spacial score (nSPS) is 10.2. The third kappa shape index (κ3) is 6.59. The summed E-state index contributed by atoms with van der Waals surface area (Å²) in [6, 6.07) is 17.6. The zero-order chi connectivity index (χ0) is 18.8. The van der Waals surface area contributed by atoms with Crippen molar-refractivity contribution in [3.05, 3.63) is 60.2 Å². The quantitative estimate of drug-likeness (QED) is 0.681. The van der Waals surface area contributed by atoms with Crippen LogP contribution in [-0.4, -0.2) is 31.4 Å². The Hall–Kier alpha value is -2.82. The summed E-state index contributed by atoms with van der Waals surface area (Å²) in [5, 5.41) is 5.69. The summed E-state index contributed by atoms with van der Waals surface area (Å²) < 4.78 is 0. The third-order valence-electron chi connectivity index (χ3n) is 4.07. The van der Waals surface area contributed by atoms with Crippen molar-refractivity contribution < 1.29 is 9.59 Å². The number of benzene rings is 2. The lowest BCUT2D eigenvalue weighted by Gasteiger charge is -2.23. The maximum Gasteiger partial charge on any atom is 0.224 e. The molecule has 0 atom stereocenters. The highest BCUT2D eigenvalue weighted by Crippen LogP contribution is 2.13. The molecule has 2 rings (SSSR count). The van der Waals surface area contributed by atoms with Gasteiger partial charge in [0, 0.05) is 37.9 Å². The number of anilines is 2. The van der Waals surface area contributed by atoms with Gasteiger partial charge >= 0.3 is 0 Å². The Morgan fingerprint density at radius 2 is 1.69 bits per heavy atom. The van der Waals surface area contributed by atoms with E-state index < -0.39 is 0 Å². The summed E-state index contributed by atoms with van der Waals surface area (Å²) in [7, 11) is 0. The van der Waals surface area contributed by atoms with Crippen LogP contribution in [-0.2, 0) is 16.0 Å². The van der Waals surface area contributed by atoms with Crippen LogP contribution < -0.4 is 15.5 Å². The zero-order valence-electron chi connectivity index (χ0n) is 15.5. The van der Waals surface area contributed by atoms with E-state index in [0.29, 0.717) is 13.0 Å². The Balaban J connectivity index is 1.71. The van der Waals surface area contributed by atoms with E-state index >= 15 is 0 Å². The summed E-state index contributed by atoms with van der Waals surface area (Å²) in [4.78, 5) is 25.4. The van der Waals surface area contributed by atoms with Gasteiger partial charge < -0.3 is 15.5 Å². The molecule has 0 aliphatic carbocycles. The van der Waals surface area contributed by atoms with Gasteiger partial charge in [-0.05, 0) is 43.2 Å². The minimum atomic E-state index is -0.105. The fourth-order valence-electron chi connectivity index (χ4n) is 2.76. The molecule has 0 unspecified atom stereocenters. The van der Waals surface area contributed by atoms with Gasteiger partial charge in [-0.1, -0.05) is 30.3 Å². The maximum absolute atomic E-state index is 12.1. The maximum atomic E-state index is 12.1. The van der Waals surface area contributed by atoms with E-state index in [1.807, 2.05) is 42.5 Å². The van der Waals surface area contributed by atoms with Crippen molar-refractivity contribution in [3.8, 4) is 0 Å². The highest BCUT2D eigenvalue weighted by atomic mass is 16.2. The highest BCUT2D eigenvalue weighted by Gasteiger charge is 2.06. The Bertz CT molecular complexity index is 699. The SMILES string of the molecule is CCN(CCCNC(=O)Cc1ccc(NC(C)=O)cc1)c1ccccc1. The number of amides is 2. The molecule has 0 aliphatic rings. The van der Waals surface area contributed by atoms with Gasteiger partial charge in [0.25, 0.3) is 0 Å². The lowest BCUT2D eigenvalue weighted by Crippen LogP contribution is -2.30. The molecule has 2 aromatic rings. The zero-order valence-corrected chi connectivity index (χ0v) is 15.5. The van der Waals surface area contributed by atoms with Crippen molar-refractivity contribution in [1.82, 2.24) is 5.32 Å². The number of nitrogens with one attached hydrogen (secondary N) is 2. The lowest BCUT2D eigenvalue weighted by atomic mass is 10.1. The van der Waals surface area contributed by atoms with Crippen molar-refractivity contribution >= 4 is 23.2 Å². The van der Waals surface area contributed by atoms with Crippen molar-refractivity contribution in [1.29, 1.82) is 0 Å². The average molecular weight is 353 g/mol. The Labute approximate surface area is 155 Å². The van der Waals surface area contributed by atoms with E-state index in [1.54, 1.807) is 0 Å². The molecule has 5 nitrogen and oxygen atoms in total. The number of rotatable bonds is 9. The molecular weight excluding hydrogens is 326 g/mol. The van der Waals surface area contributed by atoms with Crippen molar-refractivity contribution in [2.24, 2.45) is 0 Å². The summed E-state index contributed by atoms with van der Waals surface area (Å²) in [5.41, 5.74) is 2.87. The number of carbonyl (C=O) groups is 2. The second-order valence-electron chi connectivity index (χ2n) is 6.17. The molecule has 0 fully saturated rings. The van der Waals surface area contributed by atoms with Crippen molar-refractivity contribution in [2.75, 3.05) is 29.9 Å². The van der Waals surface area contributed by atoms with Crippen LogP contribution in [0.15, 0.2) is 54.6 Å². The second kappa shape index (κ2) is 10.2. The Morgan fingerprint density at radius 3 is 2.31 bits per heavy atom. The first-order chi connectivity index (χ1) is 12.6. The lowest BCUT2D eigenvalue weighted by molar-refractivity contribution is -0.120. The Kier molecular flexibility index (Phi) is 7.68. The standard InChI is InChI=1S/C21H27N3O2/c1-3-24(20-8-5-4-6-9-20)15-7-14-22-21(26)16-18-10-12-19(13-11-18)23-17(2)25/h4-6,8-13H,3,7,14-16H2,1-2H3,(H,22,26)(H,23,25). The predicted octanol–water partition coefficient (Wildman–Crippen LogP) is 3.22.